The summed E-state index contributed by atoms with van der Waals surface area (Å²) < 4.78 is 6.39. The maximum atomic E-state index is 12.4. The van der Waals surface area contributed by atoms with E-state index < -0.39 is 8.32 Å². The van der Waals surface area contributed by atoms with Crippen molar-refractivity contribution in [1.29, 1.82) is 0 Å². The smallest absolute Gasteiger partial charge is 0.241 e. The molecular weight excluding hydrogens is 288 g/mol. The Morgan fingerprint density at radius 1 is 1.23 bits per heavy atom. The number of ketones is 1. The molecule has 0 bridgehead atoms. The molecule has 22 heavy (non-hydrogen) atoms. The van der Waals surface area contributed by atoms with E-state index in [9.17, 15) is 4.79 Å². The van der Waals surface area contributed by atoms with Gasteiger partial charge >= 0.3 is 0 Å². The Morgan fingerprint density at radius 2 is 1.91 bits per heavy atom. The van der Waals surface area contributed by atoms with E-state index in [1.54, 1.807) is 0 Å². The van der Waals surface area contributed by atoms with E-state index in [2.05, 4.69) is 40.1 Å². The summed E-state index contributed by atoms with van der Waals surface area (Å²) in [6.45, 7) is 15.2. The molecule has 0 aromatic carbocycles. The summed E-state index contributed by atoms with van der Waals surface area (Å²) in [5.41, 5.74) is 2.58. The maximum Gasteiger partial charge on any atom is 0.241 e. The number of carbonyl (C=O) groups excluding carboxylic acids is 1. The standard InChI is InChI=1S/C19H32O2Si/c1-13(2)15-11-17(16-9-7-8-10-18(16)20)14(3)19(12-15)21-22(4,5)6/h15-17H,1,7-12H2,2-6H3/t15-,16-,17+/m1/s1. The number of carbonyl (C=O) groups is 1. The van der Waals surface area contributed by atoms with Gasteiger partial charge in [-0.1, -0.05) is 18.6 Å². The first kappa shape index (κ1) is 17.5. The average Bonchev–Trinajstić information content (AvgIpc) is 2.40. The van der Waals surface area contributed by atoms with E-state index in [1.165, 1.54) is 23.3 Å². The van der Waals surface area contributed by atoms with Crippen LogP contribution in [0.15, 0.2) is 23.5 Å². The van der Waals surface area contributed by atoms with E-state index in [1.807, 2.05) is 0 Å². The van der Waals surface area contributed by atoms with Crippen molar-refractivity contribution in [1.82, 2.24) is 0 Å². The van der Waals surface area contributed by atoms with Gasteiger partial charge in [-0.15, -0.1) is 0 Å². The summed E-state index contributed by atoms with van der Waals surface area (Å²) >= 11 is 0. The van der Waals surface area contributed by atoms with E-state index in [0.29, 0.717) is 17.6 Å². The molecule has 2 nitrogen and oxygen atoms in total. The molecule has 2 aliphatic rings. The zero-order chi connectivity index (χ0) is 16.5. The third-order valence-electron chi connectivity index (χ3n) is 5.18. The highest BCUT2D eigenvalue weighted by molar-refractivity contribution is 6.70. The lowest BCUT2D eigenvalue weighted by Crippen LogP contribution is -2.35. The van der Waals surface area contributed by atoms with Crippen molar-refractivity contribution in [2.24, 2.45) is 17.8 Å². The van der Waals surface area contributed by atoms with Crippen LogP contribution in [0.5, 0.6) is 0 Å². The first-order valence-electron chi connectivity index (χ1n) is 8.76. The number of hydrogen-bond donors (Lipinski definition) is 0. The molecule has 0 amide bonds. The van der Waals surface area contributed by atoms with Gasteiger partial charge in [-0.2, -0.15) is 0 Å². The predicted octanol–water partition coefficient (Wildman–Crippen LogP) is 5.47. The fourth-order valence-corrected chi connectivity index (χ4v) is 4.91. The van der Waals surface area contributed by atoms with Crippen LogP contribution in [0.4, 0.5) is 0 Å². The predicted molar refractivity (Wildman–Crippen MR) is 95.1 cm³/mol. The molecule has 1 fully saturated rings. The third kappa shape index (κ3) is 4.12. The van der Waals surface area contributed by atoms with E-state index in [-0.39, 0.29) is 5.92 Å². The van der Waals surface area contributed by atoms with Gasteiger partial charge in [0.15, 0.2) is 0 Å². The highest BCUT2D eigenvalue weighted by atomic mass is 28.4. The third-order valence-corrected chi connectivity index (χ3v) is 6.04. The number of rotatable bonds is 4. The van der Waals surface area contributed by atoms with Gasteiger partial charge in [0.1, 0.15) is 5.78 Å². The van der Waals surface area contributed by atoms with Gasteiger partial charge < -0.3 is 4.43 Å². The van der Waals surface area contributed by atoms with Gasteiger partial charge in [0.05, 0.1) is 5.76 Å². The van der Waals surface area contributed by atoms with Crippen LogP contribution < -0.4 is 0 Å². The van der Waals surface area contributed by atoms with Gasteiger partial charge in [0.2, 0.25) is 8.32 Å². The van der Waals surface area contributed by atoms with Gasteiger partial charge in [-0.25, -0.2) is 0 Å². The van der Waals surface area contributed by atoms with Crippen molar-refractivity contribution in [3.8, 4) is 0 Å². The highest BCUT2D eigenvalue weighted by Crippen LogP contribution is 2.44. The second-order valence-corrected chi connectivity index (χ2v) is 12.7. The first-order chi connectivity index (χ1) is 10.2. The molecule has 2 rings (SSSR count). The first-order valence-corrected chi connectivity index (χ1v) is 12.2. The van der Waals surface area contributed by atoms with Crippen LogP contribution in [0.3, 0.4) is 0 Å². The molecule has 3 heteroatoms. The van der Waals surface area contributed by atoms with Crippen LogP contribution >= 0.6 is 0 Å². The minimum Gasteiger partial charge on any atom is -0.547 e. The molecule has 124 valence electrons. The van der Waals surface area contributed by atoms with Crippen LogP contribution in [-0.4, -0.2) is 14.1 Å². The van der Waals surface area contributed by atoms with Gasteiger partial charge in [-0.3, -0.25) is 4.79 Å². The normalized spacial score (nSPS) is 30.4. The van der Waals surface area contributed by atoms with E-state index in [4.69, 9.17) is 4.43 Å². The quantitative estimate of drug-likeness (QED) is 0.507. The molecule has 0 radical (unpaired) electrons. The summed E-state index contributed by atoms with van der Waals surface area (Å²) in [5.74, 6) is 2.70. The molecule has 1 saturated carbocycles. The summed E-state index contributed by atoms with van der Waals surface area (Å²) in [5, 5.41) is 0. The van der Waals surface area contributed by atoms with Crippen molar-refractivity contribution >= 4 is 14.1 Å². The molecule has 0 unspecified atom stereocenters. The summed E-state index contributed by atoms with van der Waals surface area (Å²) in [6.07, 6.45) is 6.16. The minimum absolute atomic E-state index is 0.219. The molecule has 0 saturated heterocycles. The Morgan fingerprint density at radius 3 is 2.45 bits per heavy atom. The molecule has 0 spiro atoms. The van der Waals surface area contributed by atoms with Gasteiger partial charge in [0.25, 0.3) is 0 Å². The van der Waals surface area contributed by atoms with Crippen LogP contribution in [0.2, 0.25) is 19.6 Å². The zero-order valence-electron chi connectivity index (χ0n) is 15.0. The summed E-state index contributed by atoms with van der Waals surface area (Å²) in [7, 11) is -1.62. The van der Waals surface area contributed by atoms with Crippen LogP contribution in [0.1, 0.15) is 52.4 Å². The highest BCUT2D eigenvalue weighted by Gasteiger charge is 2.38. The lowest BCUT2D eigenvalue weighted by molar-refractivity contribution is -0.126. The summed E-state index contributed by atoms with van der Waals surface area (Å²) in [6, 6.07) is 0. The van der Waals surface area contributed by atoms with E-state index >= 15 is 0 Å². The lowest BCUT2D eigenvalue weighted by atomic mass is 9.68. The van der Waals surface area contributed by atoms with Crippen LogP contribution in [0.25, 0.3) is 0 Å². The second-order valence-electron chi connectivity index (χ2n) is 8.23. The van der Waals surface area contributed by atoms with Crippen LogP contribution in [0, 0.1) is 17.8 Å². The number of hydrogen-bond acceptors (Lipinski definition) is 2. The van der Waals surface area contributed by atoms with Crippen molar-refractivity contribution < 1.29 is 9.22 Å². The molecule has 0 aromatic rings. The SMILES string of the molecule is C=C(C)[C@H]1CC(O[Si](C)(C)C)=C(C)[C@@H]([C@H]2CCCCC2=O)C1. The van der Waals surface area contributed by atoms with Crippen LogP contribution in [-0.2, 0) is 9.22 Å². The Bertz CT molecular complexity index is 484. The van der Waals surface area contributed by atoms with Gasteiger partial charge in [-0.05, 0) is 70.2 Å². The van der Waals surface area contributed by atoms with E-state index in [0.717, 1.165) is 32.1 Å². The fraction of sp³-hybridized carbons (Fsp3) is 0.737. The molecule has 0 aromatic heterocycles. The molecule has 0 N–H and O–H groups in total. The molecule has 2 aliphatic carbocycles. The minimum atomic E-state index is -1.62. The Hall–Kier alpha value is -0.833. The molecule has 0 aliphatic heterocycles. The fourth-order valence-electron chi connectivity index (χ4n) is 3.93. The largest absolute Gasteiger partial charge is 0.547 e. The number of allylic oxidation sites excluding steroid dienone is 3. The Labute approximate surface area is 137 Å². The maximum absolute atomic E-state index is 12.4. The molecular formula is C19H32O2Si. The Balaban J connectivity index is 2.30. The van der Waals surface area contributed by atoms with Crippen molar-refractivity contribution in [3.63, 3.8) is 0 Å². The molecule has 0 heterocycles. The lowest BCUT2D eigenvalue weighted by Gasteiger charge is -2.39. The molecule has 3 atom stereocenters. The van der Waals surface area contributed by atoms with Crippen molar-refractivity contribution in [2.75, 3.05) is 0 Å². The zero-order valence-corrected chi connectivity index (χ0v) is 16.0. The number of Topliss-reactive ketones (excluding diaryl/α,β-unsaturated/α-hetero) is 1. The Kier molecular flexibility index (Phi) is 5.36. The topological polar surface area (TPSA) is 26.3 Å². The van der Waals surface area contributed by atoms with Crippen molar-refractivity contribution in [3.05, 3.63) is 23.5 Å². The average molecular weight is 321 g/mol. The monoisotopic (exact) mass is 320 g/mol. The van der Waals surface area contributed by atoms with Gasteiger partial charge in [0, 0.05) is 18.8 Å². The second kappa shape index (κ2) is 6.73. The summed E-state index contributed by atoms with van der Waals surface area (Å²) in [4.78, 5) is 12.4. The van der Waals surface area contributed by atoms with Crippen molar-refractivity contribution in [2.45, 2.75) is 72.0 Å².